The van der Waals surface area contributed by atoms with Crippen LogP contribution in [0.1, 0.15) is 31.9 Å². The Morgan fingerprint density at radius 2 is 1.84 bits per heavy atom. The van der Waals surface area contributed by atoms with E-state index in [9.17, 15) is 5.11 Å². The largest absolute Gasteiger partial charge is 0.389 e. The lowest BCUT2D eigenvalue weighted by molar-refractivity contribution is 0.0925. The molecule has 2 rings (SSSR count). The zero-order valence-corrected chi connectivity index (χ0v) is 12.4. The van der Waals surface area contributed by atoms with Gasteiger partial charge < -0.3 is 9.84 Å². The molecule has 1 fully saturated rings. The van der Waals surface area contributed by atoms with Gasteiger partial charge in [-0.25, -0.2) is 0 Å². The fraction of sp³-hybridized carbons (Fsp3) is 0.625. The second-order valence-electron chi connectivity index (χ2n) is 6.53. The molecule has 0 saturated carbocycles. The van der Waals surface area contributed by atoms with Gasteiger partial charge in [0.1, 0.15) is 0 Å². The summed E-state index contributed by atoms with van der Waals surface area (Å²) in [5.74, 6) is 0. The number of rotatable bonds is 3. The Hall–Kier alpha value is -0.900. The van der Waals surface area contributed by atoms with Crippen LogP contribution in [-0.2, 0) is 16.7 Å². The highest BCUT2D eigenvalue weighted by Crippen LogP contribution is 2.23. The molecule has 1 aliphatic heterocycles. The highest BCUT2D eigenvalue weighted by Gasteiger charge is 2.29. The van der Waals surface area contributed by atoms with Crippen LogP contribution in [-0.4, -0.2) is 42.4 Å². The van der Waals surface area contributed by atoms with Gasteiger partial charge in [0.2, 0.25) is 0 Å². The molecule has 0 amide bonds. The minimum atomic E-state index is -0.362. The number of benzene rings is 1. The zero-order valence-electron chi connectivity index (χ0n) is 12.4. The third-order valence-electron chi connectivity index (χ3n) is 3.84. The third-order valence-corrected chi connectivity index (χ3v) is 3.84. The minimum absolute atomic E-state index is 0.113. The first kappa shape index (κ1) is 14.5. The number of hydrogen-bond donors (Lipinski definition) is 1. The van der Waals surface area contributed by atoms with Crippen LogP contribution in [0, 0.1) is 0 Å². The molecule has 0 spiro atoms. The molecule has 0 bridgehead atoms. The lowest BCUT2D eigenvalue weighted by atomic mass is 9.87. The van der Waals surface area contributed by atoms with Gasteiger partial charge in [-0.2, -0.15) is 0 Å². The highest BCUT2D eigenvalue weighted by molar-refractivity contribution is 5.27. The molecular formula is C16H25NO2. The molecular weight excluding hydrogens is 238 g/mol. The summed E-state index contributed by atoms with van der Waals surface area (Å²) in [6.45, 7) is 8.59. The number of likely N-dealkylation sites (N-methyl/N-ethyl adjacent to an activating group) is 1. The highest BCUT2D eigenvalue weighted by atomic mass is 16.5. The van der Waals surface area contributed by atoms with E-state index in [1.165, 1.54) is 11.1 Å². The van der Waals surface area contributed by atoms with Crippen molar-refractivity contribution in [1.29, 1.82) is 0 Å². The SMILES string of the molecule is CN(Cc1ccc(C(C)(C)C)cc1)[C@@H]1COC[C@H]1O. The van der Waals surface area contributed by atoms with Crippen LogP contribution >= 0.6 is 0 Å². The van der Waals surface area contributed by atoms with Gasteiger partial charge in [0.25, 0.3) is 0 Å². The van der Waals surface area contributed by atoms with Gasteiger partial charge in [-0.1, -0.05) is 45.0 Å². The topological polar surface area (TPSA) is 32.7 Å². The van der Waals surface area contributed by atoms with E-state index in [1.54, 1.807) is 0 Å². The second kappa shape index (κ2) is 5.61. The van der Waals surface area contributed by atoms with Crippen LogP contribution < -0.4 is 0 Å². The van der Waals surface area contributed by atoms with Crippen LogP contribution in [0.15, 0.2) is 24.3 Å². The number of ether oxygens (including phenoxy) is 1. The van der Waals surface area contributed by atoms with E-state index in [1.807, 2.05) is 7.05 Å². The van der Waals surface area contributed by atoms with Gasteiger partial charge >= 0.3 is 0 Å². The minimum Gasteiger partial charge on any atom is -0.389 e. The molecule has 19 heavy (non-hydrogen) atoms. The summed E-state index contributed by atoms with van der Waals surface area (Å²) in [5, 5.41) is 9.82. The second-order valence-corrected chi connectivity index (χ2v) is 6.53. The van der Waals surface area contributed by atoms with Crippen molar-refractivity contribution < 1.29 is 9.84 Å². The van der Waals surface area contributed by atoms with Crippen molar-refractivity contribution in [3.05, 3.63) is 35.4 Å². The summed E-state index contributed by atoms with van der Waals surface area (Å²) in [4.78, 5) is 2.17. The number of aliphatic hydroxyl groups is 1. The molecule has 2 atom stereocenters. The Kier molecular flexibility index (Phi) is 4.29. The van der Waals surface area contributed by atoms with Crippen LogP contribution in [0.3, 0.4) is 0 Å². The van der Waals surface area contributed by atoms with Crippen LogP contribution in [0.5, 0.6) is 0 Å². The molecule has 1 aliphatic rings. The molecule has 1 aromatic carbocycles. The number of aliphatic hydroxyl groups excluding tert-OH is 1. The van der Waals surface area contributed by atoms with Crippen molar-refractivity contribution in [2.75, 3.05) is 20.3 Å². The maximum Gasteiger partial charge on any atom is 0.0950 e. The number of hydrogen-bond acceptors (Lipinski definition) is 3. The summed E-state index contributed by atoms with van der Waals surface area (Å²) in [5.41, 5.74) is 2.82. The lowest BCUT2D eigenvalue weighted by Crippen LogP contribution is -2.39. The van der Waals surface area contributed by atoms with Gasteiger partial charge in [0, 0.05) is 6.54 Å². The molecule has 1 heterocycles. The van der Waals surface area contributed by atoms with Gasteiger partial charge in [-0.05, 0) is 23.6 Å². The summed E-state index contributed by atoms with van der Waals surface area (Å²) in [7, 11) is 2.04. The first-order valence-corrected chi connectivity index (χ1v) is 6.93. The average Bonchev–Trinajstić information content (AvgIpc) is 2.75. The lowest BCUT2D eigenvalue weighted by Gasteiger charge is -2.26. The summed E-state index contributed by atoms with van der Waals surface area (Å²) >= 11 is 0. The molecule has 1 aromatic rings. The Balaban J connectivity index is 1.99. The molecule has 3 heteroatoms. The number of nitrogens with zero attached hydrogens (tertiary/aromatic N) is 1. The molecule has 0 unspecified atom stereocenters. The van der Waals surface area contributed by atoms with E-state index in [0.717, 1.165) is 6.54 Å². The average molecular weight is 263 g/mol. The van der Waals surface area contributed by atoms with E-state index in [4.69, 9.17) is 4.74 Å². The van der Waals surface area contributed by atoms with E-state index < -0.39 is 0 Å². The van der Waals surface area contributed by atoms with Crippen LogP contribution in [0.4, 0.5) is 0 Å². The predicted molar refractivity (Wildman–Crippen MR) is 77.2 cm³/mol. The first-order chi connectivity index (χ1) is 8.88. The third kappa shape index (κ3) is 3.56. The van der Waals surface area contributed by atoms with Crippen molar-refractivity contribution in [2.24, 2.45) is 0 Å². The van der Waals surface area contributed by atoms with Crippen molar-refractivity contribution in [3.63, 3.8) is 0 Å². The zero-order chi connectivity index (χ0) is 14.0. The van der Waals surface area contributed by atoms with E-state index in [2.05, 4.69) is 49.9 Å². The Labute approximate surface area is 116 Å². The fourth-order valence-electron chi connectivity index (χ4n) is 2.47. The monoisotopic (exact) mass is 263 g/mol. The summed E-state index contributed by atoms with van der Waals surface area (Å²) in [6, 6.07) is 8.87. The Morgan fingerprint density at radius 1 is 1.21 bits per heavy atom. The van der Waals surface area contributed by atoms with E-state index >= 15 is 0 Å². The quantitative estimate of drug-likeness (QED) is 0.907. The van der Waals surface area contributed by atoms with Crippen LogP contribution in [0.2, 0.25) is 0 Å². The molecule has 0 aliphatic carbocycles. The predicted octanol–water partition coefficient (Wildman–Crippen LogP) is 2.18. The van der Waals surface area contributed by atoms with Crippen molar-refractivity contribution in [2.45, 2.75) is 44.9 Å². The van der Waals surface area contributed by atoms with Crippen LogP contribution in [0.25, 0.3) is 0 Å². The van der Waals surface area contributed by atoms with Gasteiger partial charge in [0.15, 0.2) is 0 Å². The molecule has 0 aromatic heterocycles. The Bertz CT molecular complexity index is 408. The van der Waals surface area contributed by atoms with Crippen molar-refractivity contribution in [1.82, 2.24) is 4.90 Å². The summed E-state index contributed by atoms with van der Waals surface area (Å²) in [6.07, 6.45) is -0.362. The molecule has 1 N–H and O–H groups in total. The summed E-state index contributed by atoms with van der Waals surface area (Å²) < 4.78 is 5.30. The molecule has 0 radical (unpaired) electrons. The first-order valence-electron chi connectivity index (χ1n) is 6.93. The Morgan fingerprint density at radius 3 is 2.32 bits per heavy atom. The maximum absolute atomic E-state index is 9.82. The molecule has 3 nitrogen and oxygen atoms in total. The molecule has 106 valence electrons. The van der Waals surface area contributed by atoms with Crippen molar-refractivity contribution in [3.8, 4) is 0 Å². The van der Waals surface area contributed by atoms with E-state index in [-0.39, 0.29) is 17.6 Å². The van der Waals surface area contributed by atoms with Gasteiger partial charge in [0.05, 0.1) is 25.4 Å². The van der Waals surface area contributed by atoms with Crippen molar-refractivity contribution >= 4 is 0 Å². The standard InChI is InChI=1S/C16H25NO2/c1-16(2,3)13-7-5-12(6-8-13)9-17(4)14-10-19-11-15(14)18/h5-8,14-15,18H,9-11H2,1-4H3/t14-,15-/m1/s1. The maximum atomic E-state index is 9.82. The van der Waals surface area contributed by atoms with Gasteiger partial charge in [-0.15, -0.1) is 0 Å². The molecule has 1 saturated heterocycles. The van der Waals surface area contributed by atoms with E-state index in [0.29, 0.717) is 13.2 Å². The smallest absolute Gasteiger partial charge is 0.0950 e. The normalized spacial score (nSPS) is 24.1. The fourth-order valence-corrected chi connectivity index (χ4v) is 2.47. The van der Waals surface area contributed by atoms with Gasteiger partial charge in [-0.3, -0.25) is 4.90 Å².